The third-order valence-electron chi connectivity index (χ3n) is 3.60. The molecule has 0 aliphatic rings. The van der Waals surface area contributed by atoms with Gasteiger partial charge in [0.15, 0.2) is 4.77 Å². The molecule has 0 saturated heterocycles. The molecule has 0 bridgehead atoms. The zero-order valence-electron chi connectivity index (χ0n) is 14.8. The number of nitrogens with zero attached hydrogens (tertiary/aromatic N) is 2. The van der Waals surface area contributed by atoms with Crippen LogP contribution in [-0.2, 0) is 23.5 Å². The second-order valence-corrected chi connectivity index (χ2v) is 8.56. The lowest BCUT2D eigenvalue weighted by Gasteiger charge is -2.34. The Bertz CT molecular complexity index is 782. The Balaban J connectivity index is 2.60. The van der Waals surface area contributed by atoms with Gasteiger partial charge in [-0.3, -0.25) is 0 Å². The van der Waals surface area contributed by atoms with Gasteiger partial charge in [0, 0.05) is 10.8 Å². The van der Waals surface area contributed by atoms with E-state index in [1.807, 2.05) is 53.7 Å². The summed E-state index contributed by atoms with van der Waals surface area (Å²) in [7, 11) is 0. The summed E-state index contributed by atoms with van der Waals surface area (Å²) < 4.78 is 0.269. The van der Waals surface area contributed by atoms with Crippen molar-refractivity contribution < 1.29 is 5.11 Å². The Kier molecular flexibility index (Phi) is 4.88. The van der Waals surface area contributed by atoms with Gasteiger partial charge in [-0.1, -0.05) is 41.5 Å². The molecule has 0 unspecified atom stereocenters. The fraction of sp³-hybridized carbons (Fsp3) is 0.471. The van der Waals surface area contributed by atoms with Crippen molar-refractivity contribution in [3.63, 3.8) is 0 Å². The molecule has 130 valence electrons. The Hall–Kier alpha value is -1.73. The number of nitrogens with one attached hydrogen (secondary N) is 2. The molecule has 2 aromatic rings. The van der Waals surface area contributed by atoms with Crippen molar-refractivity contribution in [2.75, 3.05) is 5.32 Å². The Morgan fingerprint density at radius 2 is 1.54 bits per heavy atom. The average molecular weight is 363 g/mol. The van der Waals surface area contributed by atoms with Crippen molar-refractivity contribution in [3.05, 3.63) is 28.0 Å². The third-order valence-corrected chi connectivity index (χ3v) is 3.97. The Labute approximate surface area is 153 Å². The van der Waals surface area contributed by atoms with E-state index in [4.69, 9.17) is 24.8 Å². The van der Waals surface area contributed by atoms with Crippen LogP contribution in [0.2, 0.25) is 0 Å². The minimum Gasteiger partial charge on any atom is -0.872 e. The molecule has 0 saturated carbocycles. The van der Waals surface area contributed by atoms with Gasteiger partial charge >= 0.3 is 0 Å². The van der Waals surface area contributed by atoms with Gasteiger partial charge in [-0.2, -0.15) is 0 Å². The molecule has 0 spiro atoms. The van der Waals surface area contributed by atoms with Gasteiger partial charge < -0.3 is 28.0 Å². The summed E-state index contributed by atoms with van der Waals surface area (Å²) in [5, 5.41) is 16.2. The van der Waals surface area contributed by atoms with E-state index in [1.165, 1.54) is 0 Å². The van der Waals surface area contributed by atoms with Crippen molar-refractivity contribution in [2.24, 2.45) is 0 Å². The predicted octanol–water partition coefficient (Wildman–Crippen LogP) is 3.85. The lowest BCUT2D eigenvalue weighted by Crippen LogP contribution is -2.21. The summed E-state index contributed by atoms with van der Waals surface area (Å²) in [4.78, 5) is 10.9. The first-order chi connectivity index (χ1) is 10.9. The number of hydrogen-bond donors (Lipinski definition) is 2. The summed E-state index contributed by atoms with van der Waals surface area (Å²) in [6, 6.07) is 3.72. The highest BCUT2D eigenvalue weighted by molar-refractivity contribution is 7.71. The van der Waals surface area contributed by atoms with Gasteiger partial charge in [0.2, 0.25) is 5.95 Å². The number of hydrogen-bond acceptors (Lipinski definition) is 6. The molecular weight excluding hydrogens is 340 g/mol. The van der Waals surface area contributed by atoms with E-state index >= 15 is 0 Å². The van der Waals surface area contributed by atoms with Gasteiger partial charge in [0.25, 0.3) is 0 Å². The van der Waals surface area contributed by atoms with Crippen LogP contribution in [0.5, 0.6) is 5.75 Å². The van der Waals surface area contributed by atoms with E-state index in [9.17, 15) is 5.11 Å². The predicted molar refractivity (Wildman–Crippen MR) is 99.4 cm³/mol. The molecule has 0 atom stereocenters. The molecule has 0 aliphatic heterocycles. The quantitative estimate of drug-likeness (QED) is 0.624. The maximum atomic E-state index is 12.9. The zero-order valence-corrected chi connectivity index (χ0v) is 16.4. The van der Waals surface area contributed by atoms with Crippen LogP contribution in [0, 0.1) is 4.77 Å². The fourth-order valence-electron chi connectivity index (χ4n) is 2.38. The van der Waals surface area contributed by atoms with Crippen LogP contribution in [-0.4, -0.2) is 15.0 Å². The average Bonchev–Trinajstić information content (AvgIpc) is 2.36. The van der Waals surface area contributed by atoms with Crippen molar-refractivity contribution in [2.45, 2.75) is 57.5 Å². The number of aromatic amines is 1. The number of rotatable bonds is 2. The second-order valence-electron chi connectivity index (χ2n) is 7.81. The number of anilines is 2. The van der Waals surface area contributed by atoms with Crippen LogP contribution < -0.4 is 10.4 Å². The lowest BCUT2D eigenvalue weighted by atomic mass is 9.79. The molecule has 2 rings (SSSR count). The number of H-pyrrole nitrogens is 1. The second kappa shape index (κ2) is 6.29. The summed E-state index contributed by atoms with van der Waals surface area (Å²) in [5.41, 5.74) is 1.74. The zero-order chi connectivity index (χ0) is 18.3. The highest BCUT2D eigenvalue weighted by atomic mass is 32.1. The fourth-order valence-corrected chi connectivity index (χ4v) is 2.80. The highest BCUT2D eigenvalue weighted by Crippen LogP contribution is 2.39. The minimum absolute atomic E-state index is 0.0835. The van der Waals surface area contributed by atoms with Crippen molar-refractivity contribution in [1.82, 2.24) is 15.0 Å². The maximum absolute atomic E-state index is 12.9. The smallest absolute Gasteiger partial charge is 0.206 e. The third kappa shape index (κ3) is 4.21. The van der Waals surface area contributed by atoms with E-state index < -0.39 is 0 Å². The molecular formula is C17H22N4OS2-2. The molecule has 2 N–H and O–H groups in total. The molecule has 0 fully saturated rings. The van der Waals surface area contributed by atoms with E-state index in [0.29, 0.717) is 5.95 Å². The van der Waals surface area contributed by atoms with Gasteiger partial charge in [-0.05, 0) is 46.3 Å². The standard InChI is InChI=1S/C17H24N4OS2/c1-16(2,3)10-7-9(8-11(12(10)22)17(4,5)6)18-13-19-14(23)21-15(24)20-13/h7-8,22H,1-6H3,(H3,18,19,20,21,23,24)/p-2. The van der Waals surface area contributed by atoms with E-state index in [2.05, 4.69) is 20.3 Å². The summed E-state index contributed by atoms with van der Waals surface area (Å²) >= 11 is 10.0. The number of aromatic nitrogens is 3. The summed E-state index contributed by atoms with van der Waals surface area (Å²) in [6.07, 6.45) is 0. The first kappa shape index (κ1) is 18.6. The van der Waals surface area contributed by atoms with Crippen LogP contribution >= 0.6 is 12.2 Å². The lowest BCUT2D eigenvalue weighted by molar-refractivity contribution is -0.271. The van der Waals surface area contributed by atoms with Gasteiger partial charge in [0.1, 0.15) is 0 Å². The van der Waals surface area contributed by atoms with Gasteiger partial charge in [0.05, 0.1) is 0 Å². The highest BCUT2D eigenvalue weighted by Gasteiger charge is 2.22. The molecule has 1 aromatic carbocycles. The molecule has 1 aromatic heterocycles. The molecule has 0 radical (unpaired) electrons. The number of benzene rings is 1. The van der Waals surface area contributed by atoms with Crippen molar-refractivity contribution in [3.8, 4) is 5.75 Å². The van der Waals surface area contributed by atoms with Crippen LogP contribution in [0.1, 0.15) is 52.7 Å². The Morgan fingerprint density at radius 3 is 1.96 bits per heavy atom. The molecule has 0 amide bonds. The van der Waals surface area contributed by atoms with Gasteiger partial charge in [-0.25, -0.2) is 9.97 Å². The molecule has 5 nitrogen and oxygen atoms in total. The maximum Gasteiger partial charge on any atom is 0.206 e. The minimum atomic E-state index is -0.267. The van der Waals surface area contributed by atoms with Crippen LogP contribution in [0.3, 0.4) is 0 Å². The molecule has 0 aliphatic carbocycles. The van der Waals surface area contributed by atoms with Crippen molar-refractivity contribution >= 4 is 36.5 Å². The first-order valence-electron chi connectivity index (χ1n) is 7.66. The molecule has 1 heterocycles. The first-order valence-corrected chi connectivity index (χ1v) is 8.48. The summed E-state index contributed by atoms with van der Waals surface area (Å²) in [5.74, 6) is 0.499. The molecule has 24 heavy (non-hydrogen) atoms. The van der Waals surface area contributed by atoms with Gasteiger partial charge in [-0.15, -0.1) is 5.75 Å². The Morgan fingerprint density at radius 1 is 1.04 bits per heavy atom. The van der Waals surface area contributed by atoms with E-state index in [-0.39, 0.29) is 26.5 Å². The topological polar surface area (TPSA) is 76.7 Å². The summed E-state index contributed by atoms with van der Waals surface area (Å²) in [6.45, 7) is 12.2. The normalized spacial score (nSPS) is 12.2. The van der Waals surface area contributed by atoms with Crippen LogP contribution in [0.25, 0.3) is 0 Å². The largest absolute Gasteiger partial charge is 0.872 e. The SMILES string of the molecule is CC(C)(C)c1cc(Nc2nc([S-])nc(=S)[nH]2)cc(C(C)(C)C)c1[O-]. The monoisotopic (exact) mass is 362 g/mol. The van der Waals surface area contributed by atoms with Crippen molar-refractivity contribution in [1.29, 1.82) is 0 Å². The van der Waals surface area contributed by atoms with E-state index in [1.54, 1.807) is 0 Å². The van der Waals surface area contributed by atoms with Crippen LogP contribution in [0.15, 0.2) is 17.3 Å². The van der Waals surface area contributed by atoms with Crippen LogP contribution in [0.4, 0.5) is 11.6 Å². The molecule has 7 heteroatoms. The van der Waals surface area contributed by atoms with E-state index in [0.717, 1.165) is 16.8 Å².